The molecule has 0 saturated carbocycles. The summed E-state index contributed by atoms with van der Waals surface area (Å²) < 4.78 is 10.7. The average Bonchev–Trinajstić information content (AvgIpc) is 3.41. The summed E-state index contributed by atoms with van der Waals surface area (Å²) in [5, 5.41) is 7.25. The fraction of sp³-hybridized carbons (Fsp3) is 0.192. The highest BCUT2D eigenvalue weighted by molar-refractivity contribution is 7.14. The van der Waals surface area contributed by atoms with E-state index < -0.39 is 5.63 Å². The molecule has 5 aromatic rings. The first kappa shape index (κ1) is 21.9. The van der Waals surface area contributed by atoms with E-state index in [0.29, 0.717) is 22.0 Å². The zero-order chi connectivity index (χ0) is 23.8. The molecule has 0 radical (unpaired) electrons. The lowest BCUT2D eigenvalue weighted by Crippen LogP contribution is -2.16. The van der Waals surface area contributed by atoms with E-state index in [1.807, 2.05) is 49.6 Å². The van der Waals surface area contributed by atoms with Crippen LogP contribution in [0.5, 0.6) is 5.75 Å². The number of benzene rings is 2. The number of ether oxygens (including phenoxy) is 1. The molecule has 5 rings (SSSR count). The number of para-hydroxylation sites is 1. The molecule has 0 aliphatic carbocycles. The number of nitrogens with one attached hydrogen (secondary N) is 2. The molecule has 0 aliphatic rings. The molecule has 0 atom stereocenters. The van der Waals surface area contributed by atoms with E-state index in [-0.39, 0.29) is 18.7 Å². The molecule has 2 aromatic carbocycles. The van der Waals surface area contributed by atoms with Crippen molar-refractivity contribution in [2.45, 2.75) is 26.7 Å². The number of nitrogens with zero attached hydrogens (tertiary/aromatic N) is 1. The molecule has 0 saturated heterocycles. The second-order valence-corrected chi connectivity index (χ2v) is 8.97. The van der Waals surface area contributed by atoms with Gasteiger partial charge in [0, 0.05) is 51.0 Å². The SMILES string of the molecule is COc1ccc2c(C)c(CCC(=O)Nc3nc(-c4c(C)[nH]c5ccccc45)cs3)c(=O)oc2c1. The summed E-state index contributed by atoms with van der Waals surface area (Å²) in [5.41, 5.74) is 5.28. The lowest BCUT2D eigenvalue weighted by molar-refractivity contribution is -0.116. The number of anilines is 1. The van der Waals surface area contributed by atoms with Gasteiger partial charge in [0.15, 0.2) is 5.13 Å². The highest BCUT2D eigenvalue weighted by atomic mass is 32.1. The Balaban J connectivity index is 1.31. The van der Waals surface area contributed by atoms with Gasteiger partial charge in [-0.05, 0) is 44.0 Å². The largest absolute Gasteiger partial charge is 0.497 e. The summed E-state index contributed by atoms with van der Waals surface area (Å²) in [5.74, 6) is 0.415. The number of thiazole rings is 1. The molecule has 0 unspecified atom stereocenters. The molecule has 8 heteroatoms. The molecule has 2 N–H and O–H groups in total. The molecule has 3 heterocycles. The lowest BCUT2D eigenvalue weighted by atomic mass is 10.0. The van der Waals surface area contributed by atoms with Crippen LogP contribution in [0.15, 0.2) is 57.1 Å². The van der Waals surface area contributed by atoms with Crippen LogP contribution in [0.3, 0.4) is 0 Å². The van der Waals surface area contributed by atoms with Gasteiger partial charge >= 0.3 is 5.63 Å². The van der Waals surface area contributed by atoms with Crippen molar-refractivity contribution in [1.82, 2.24) is 9.97 Å². The number of carbonyl (C=O) groups excluding carboxylic acids is 1. The Morgan fingerprint density at radius 2 is 2.00 bits per heavy atom. The minimum Gasteiger partial charge on any atom is -0.497 e. The molecule has 7 nitrogen and oxygen atoms in total. The minimum atomic E-state index is -0.433. The Hall–Kier alpha value is -3.91. The number of amides is 1. The van der Waals surface area contributed by atoms with Crippen molar-refractivity contribution in [3.05, 3.63) is 75.1 Å². The van der Waals surface area contributed by atoms with Gasteiger partial charge in [0.25, 0.3) is 0 Å². The maximum atomic E-state index is 12.6. The number of aryl methyl sites for hydroxylation is 2. The molecular weight excluding hydrogens is 450 g/mol. The van der Waals surface area contributed by atoms with Gasteiger partial charge in [-0.15, -0.1) is 11.3 Å². The number of rotatable bonds is 6. The summed E-state index contributed by atoms with van der Waals surface area (Å²) >= 11 is 1.38. The summed E-state index contributed by atoms with van der Waals surface area (Å²) in [7, 11) is 1.56. The minimum absolute atomic E-state index is 0.147. The van der Waals surface area contributed by atoms with Gasteiger partial charge in [0.1, 0.15) is 11.3 Å². The van der Waals surface area contributed by atoms with Crippen LogP contribution in [0.1, 0.15) is 23.2 Å². The van der Waals surface area contributed by atoms with Crippen LogP contribution >= 0.6 is 11.3 Å². The zero-order valence-corrected chi connectivity index (χ0v) is 19.8. The van der Waals surface area contributed by atoms with Gasteiger partial charge in [-0.3, -0.25) is 4.79 Å². The normalized spacial score (nSPS) is 11.3. The molecule has 0 fully saturated rings. The van der Waals surface area contributed by atoms with E-state index in [0.717, 1.165) is 38.8 Å². The molecular formula is C26H23N3O4S. The van der Waals surface area contributed by atoms with Crippen LogP contribution in [0.25, 0.3) is 33.1 Å². The Morgan fingerprint density at radius 3 is 2.82 bits per heavy atom. The van der Waals surface area contributed by atoms with Gasteiger partial charge in [-0.1, -0.05) is 18.2 Å². The first-order valence-corrected chi connectivity index (χ1v) is 11.8. The van der Waals surface area contributed by atoms with Crippen LogP contribution in [-0.4, -0.2) is 23.0 Å². The van der Waals surface area contributed by atoms with Crippen LogP contribution < -0.4 is 15.7 Å². The van der Waals surface area contributed by atoms with Crippen molar-refractivity contribution in [2.75, 3.05) is 12.4 Å². The smallest absolute Gasteiger partial charge is 0.339 e. The van der Waals surface area contributed by atoms with Crippen LogP contribution in [-0.2, 0) is 11.2 Å². The maximum absolute atomic E-state index is 12.6. The molecule has 0 aliphatic heterocycles. The Bertz CT molecular complexity index is 1600. The number of aromatic amines is 1. The number of methoxy groups -OCH3 is 1. The van der Waals surface area contributed by atoms with Gasteiger partial charge in [-0.25, -0.2) is 9.78 Å². The summed E-state index contributed by atoms with van der Waals surface area (Å²) in [4.78, 5) is 33.2. The third kappa shape index (κ3) is 3.97. The van der Waals surface area contributed by atoms with Crippen molar-refractivity contribution in [2.24, 2.45) is 0 Å². The fourth-order valence-electron chi connectivity index (χ4n) is 4.26. The average molecular weight is 474 g/mol. The zero-order valence-electron chi connectivity index (χ0n) is 19.0. The van der Waals surface area contributed by atoms with Gasteiger partial charge in [0.05, 0.1) is 12.8 Å². The van der Waals surface area contributed by atoms with Crippen molar-refractivity contribution >= 4 is 44.2 Å². The van der Waals surface area contributed by atoms with E-state index in [4.69, 9.17) is 9.15 Å². The second-order valence-electron chi connectivity index (χ2n) is 8.11. The molecule has 0 bridgehead atoms. The number of hydrogen-bond acceptors (Lipinski definition) is 6. The molecule has 3 aromatic heterocycles. The highest BCUT2D eigenvalue weighted by Crippen LogP contribution is 2.34. The maximum Gasteiger partial charge on any atom is 0.339 e. The Kier molecular flexibility index (Phi) is 5.67. The first-order valence-electron chi connectivity index (χ1n) is 10.9. The number of aromatic nitrogens is 2. The third-order valence-electron chi connectivity index (χ3n) is 6.00. The molecule has 0 spiro atoms. The molecule has 172 valence electrons. The quantitative estimate of drug-likeness (QED) is 0.313. The monoisotopic (exact) mass is 473 g/mol. The lowest BCUT2D eigenvalue weighted by Gasteiger charge is -2.08. The van der Waals surface area contributed by atoms with Gasteiger partial charge in [-0.2, -0.15) is 0 Å². The third-order valence-corrected chi connectivity index (χ3v) is 6.75. The summed E-state index contributed by atoms with van der Waals surface area (Å²) in [6.45, 7) is 3.88. The fourth-order valence-corrected chi connectivity index (χ4v) is 4.98. The first-order chi connectivity index (χ1) is 16.4. The highest BCUT2D eigenvalue weighted by Gasteiger charge is 2.16. The Labute approximate surface area is 199 Å². The van der Waals surface area contributed by atoms with Gasteiger partial charge in [0.2, 0.25) is 5.91 Å². The molecule has 34 heavy (non-hydrogen) atoms. The van der Waals surface area contributed by atoms with E-state index in [1.165, 1.54) is 11.3 Å². The van der Waals surface area contributed by atoms with Gasteiger partial charge < -0.3 is 19.5 Å². The predicted molar refractivity (Wildman–Crippen MR) is 135 cm³/mol. The van der Waals surface area contributed by atoms with Crippen molar-refractivity contribution in [1.29, 1.82) is 0 Å². The van der Waals surface area contributed by atoms with Crippen LogP contribution in [0, 0.1) is 13.8 Å². The van der Waals surface area contributed by atoms with E-state index >= 15 is 0 Å². The number of H-pyrrole nitrogens is 1. The Morgan fingerprint density at radius 1 is 1.18 bits per heavy atom. The van der Waals surface area contributed by atoms with E-state index in [1.54, 1.807) is 13.2 Å². The van der Waals surface area contributed by atoms with Crippen LogP contribution in [0.4, 0.5) is 5.13 Å². The topological polar surface area (TPSA) is 97.2 Å². The molecule has 1 amide bonds. The van der Waals surface area contributed by atoms with Crippen molar-refractivity contribution < 1.29 is 13.9 Å². The standard InChI is InChI=1S/C26H23N3O4S/c1-14-17-9-8-16(32-3)12-22(17)33-25(31)18(14)10-11-23(30)29-26-28-21(13-34-26)24-15(2)27-20-7-5-4-6-19(20)24/h4-9,12-13,27H,10-11H2,1-3H3,(H,28,29,30). The predicted octanol–water partition coefficient (Wildman–Crippen LogP) is 5.59. The number of carbonyl (C=O) groups is 1. The van der Waals surface area contributed by atoms with Crippen LogP contribution in [0.2, 0.25) is 0 Å². The van der Waals surface area contributed by atoms with Crippen molar-refractivity contribution in [3.63, 3.8) is 0 Å². The second kappa shape index (κ2) is 8.79. The van der Waals surface area contributed by atoms with Crippen molar-refractivity contribution in [3.8, 4) is 17.0 Å². The summed E-state index contributed by atoms with van der Waals surface area (Å²) in [6.07, 6.45) is 0.427. The number of hydrogen-bond donors (Lipinski definition) is 2. The number of fused-ring (bicyclic) bond motifs is 2. The van der Waals surface area contributed by atoms with E-state index in [2.05, 4.69) is 21.4 Å². The van der Waals surface area contributed by atoms with E-state index in [9.17, 15) is 9.59 Å². The summed E-state index contributed by atoms with van der Waals surface area (Å²) in [6, 6.07) is 13.4.